The average molecular weight is 283 g/mol. The van der Waals surface area contributed by atoms with Crippen molar-refractivity contribution < 1.29 is 14.6 Å². The highest BCUT2D eigenvalue weighted by atomic mass is 16.5. The fourth-order valence-corrected chi connectivity index (χ4v) is 2.00. The first-order valence-corrected chi connectivity index (χ1v) is 6.49. The molecule has 0 saturated carbocycles. The van der Waals surface area contributed by atoms with Crippen LogP contribution in [0.2, 0.25) is 0 Å². The molecule has 0 atom stereocenters. The normalized spacial score (nSPS) is 10.7. The Bertz CT molecular complexity index is 768. The van der Waals surface area contributed by atoms with Crippen LogP contribution < -0.4 is 4.74 Å². The van der Waals surface area contributed by atoms with Crippen LogP contribution in [0.25, 0.3) is 5.65 Å². The lowest BCUT2D eigenvalue weighted by Crippen LogP contribution is -2.02. The second-order valence-corrected chi connectivity index (χ2v) is 4.43. The summed E-state index contributed by atoms with van der Waals surface area (Å²) in [6.45, 7) is 0.434. The molecule has 0 amide bonds. The first-order chi connectivity index (χ1) is 10.2. The molecule has 106 valence electrons. The van der Waals surface area contributed by atoms with Gasteiger partial charge in [-0.2, -0.15) is 5.10 Å². The summed E-state index contributed by atoms with van der Waals surface area (Å²) in [6, 6.07) is 12.6. The Kier molecular flexibility index (Phi) is 3.51. The number of carboxylic acids is 1. The van der Waals surface area contributed by atoms with Gasteiger partial charge < -0.3 is 9.84 Å². The van der Waals surface area contributed by atoms with E-state index in [9.17, 15) is 4.79 Å². The maximum absolute atomic E-state index is 11.1. The number of aromatic carboxylic acids is 1. The minimum atomic E-state index is -1.01. The SMILES string of the molecule is O=C(O)c1cccn2nc(CCOc3ccccc3)nc12. The summed E-state index contributed by atoms with van der Waals surface area (Å²) in [5.41, 5.74) is 0.486. The molecule has 6 heteroatoms. The van der Waals surface area contributed by atoms with E-state index in [0.717, 1.165) is 5.75 Å². The maximum atomic E-state index is 11.1. The second-order valence-electron chi connectivity index (χ2n) is 4.43. The Labute approximate surface area is 120 Å². The Morgan fingerprint density at radius 2 is 2.00 bits per heavy atom. The van der Waals surface area contributed by atoms with Gasteiger partial charge in [-0.05, 0) is 24.3 Å². The number of rotatable bonds is 5. The minimum absolute atomic E-state index is 0.139. The van der Waals surface area contributed by atoms with E-state index >= 15 is 0 Å². The third-order valence-electron chi connectivity index (χ3n) is 2.97. The first-order valence-electron chi connectivity index (χ1n) is 6.49. The lowest BCUT2D eigenvalue weighted by molar-refractivity contribution is 0.0698. The van der Waals surface area contributed by atoms with Gasteiger partial charge in [-0.1, -0.05) is 18.2 Å². The molecule has 6 nitrogen and oxygen atoms in total. The molecular weight excluding hydrogens is 270 g/mol. The van der Waals surface area contributed by atoms with Crippen molar-refractivity contribution in [3.8, 4) is 5.75 Å². The Morgan fingerprint density at radius 3 is 2.76 bits per heavy atom. The van der Waals surface area contributed by atoms with Crippen molar-refractivity contribution in [1.82, 2.24) is 14.6 Å². The first kappa shape index (κ1) is 13.1. The zero-order valence-corrected chi connectivity index (χ0v) is 11.1. The lowest BCUT2D eigenvalue weighted by Gasteiger charge is -2.03. The molecule has 3 aromatic rings. The molecular formula is C15H13N3O3. The number of hydrogen-bond acceptors (Lipinski definition) is 4. The van der Waals surface area contributed by atoms with Crippen LogP contribution in [0, 0.1) is 0 Å². The number of pyridine rings is 1. The highest BCUT2D eigenvalue weighted by molar-refractivity contribution is 5.94. The quantitative estimate of drug-likeness (QED) is 0.775. The number of ether oxygens (including phenoxy) is 1. The molecule has 0 saturated heterocycles. The lowest BCUT2D eigenvalue weighted by atomic mass is 10.3. The summed E-state index contributed by atoms with van der Waals surface area (Å²) in [5.74, 6) is 0.326. The van der Waals surface area contributed by atoms with Crippen LogP contribution in [0.5, 0.6) is 5.75 Å². The van der Waals surface area contributed by atoms with Crippen LogP contribution in [0.15, 0.2) is 48.7 Å². The van der Waals surface area contributed by atoms with Gasteiger partial charge in [0.2, 0.25) is 0 Å². The molecule has 21 heavy (non-hydrogen) atoms. The van der Waals surface area contributed by atoms with Crippen molar-refractivity contribution in [2.75, 3.05) is 6.61 Å². The standard InChI is InChI=1S/C15H13N3O3/c19-15(20)12-7-4-9-18-14(12)16-13(17-18)8-10-21-11-5-2-1-3-6-11/h1-7,9H,8,10H2,(H,19,20). The number of carbonyl (C=O) groups is 1. The van der Waals surface area contributed by atoms with Crippen LogP contribution in [-0.4, -0.2) is 32.3 Å². The Hall–Kier alpha value is -2.89. The third kappa shape index (κ3) is 2.84. The minimum Gasteiger partial charge on any atom is -0.493 e. The number of aromatic nitrogens is 3. The Balaban J connectivity index is 1.73. The van der Waals surface area contributed by atoms with Gasteiger partial charge in [0.15, 0.2) is 11.5 Å². The van der Waals surface area contributed by atoms with E-state index in [4.69, 9.17) is 9.84 Å². The monoisotopic (exact) mass is 283 g/mol. The van der Waals surface area contributed by atoms with Crippen LogP contribution in [-0.2, 0) is 6.42 Å². The summed E-state index contributed by atoms with van der Waals surface area (Å²) in [6.07, 6.45) is 2.19. The van der Waals surface area contributed by atoms with E-state index in [1.807, 2.05) is 30.3 Å². The van der Waals surface area contributed by atoms with E-state index in [1.165, 1.54) is 10.6 Å². The van der Waals surface area contributed by atoms with Crippen molar-refractivity contribution in [1.29, 1.82) is 0 Å². The number of hydrogen-bond donors (Lipinski definition) is 1. The number of para-hydroxylation sites is 1. The molecule has 0 aliphatic carbocycles. The van der Waals surface area contributed by atoms with E-state index in [1.54, 1.807) is 12.3 Å². The summed E-state index contributed by atoms with van der Waals surface area (Å²) < 4.78 is 7.05. The topological polar surface area (TPSA) is 76.7 Å². The average Bonchev–Trinajstić information content (AvgIpc) is 2.90. The summed E-state index contributed by atoms with van der Waals surface area (Å²) in [4.78, 5) is 15.4. The molecule has 0 bridgehead atoms. The molecule has 0 fully saturated rings. The molecule has 3 rings (SSSR count). The zero-order chi connectivity index (χ0) is 14.7. The second kappa shape index (κ2) is 5.62. The molecule has 1 aromatic carbocycles. The zero-order valence-electron chi connectivity index (χ0n) is 11.1. The summed E-state index contributed by atoms with van der Waals surface area (Å²) in [5, 5.41) is 13.4. The van der Waals surface area contributed by atoms with Gasteiger partial charge in [0, 0.05) is 12.6 Å². The van der Waals surface area contributed by atoms with E-state index in [-0.39, 0.29) is 5.56 Å². The Morgan fingerprint density at radius 1 is 1.19 bits per heavy atom. The molecule has 2 heterocycles. The smallest absolute Gasteiger partial charge is 0.339 e. The summed E-state index contributed by atoms with van der Waals surface area (Å²) in [7, 11) is 0. The van der Waals surface area contributed by atoms with Crippen molar-refractivity contribution in [2.24, 2.45) is 0 Å². The highest BCUT2D eigenvalue weighted by Crippen LogP contribution is 2.11. The molecule has 0 aliphatic rings. The maximum Gasteiger partial charge on any atom is 0.339 e. The molecule has 0 aliphatic heterocycles. The van der Waals surface area contributed by atoms with Crippen LogP contribution >= 0.6 is 0 Å². The molecule has 1 N–H and O–H groups in total. The predicted octanol–water partition coefficient (Wildman–Crippen LogP) is 2.05. The van der Waals surface area contributed by atoms with E-state index < -0.39 is 5.97 Å². The molecule has 0 unspecified atom stereocenters. The van der Waals surface area contributed by atoms with Gasteiger partial charge in [0.25, 0.3) is 0 Å². The number of nitrogens with zero attached hydrogens (tertiary/aromatic N) is 3. The summed E-state index contributed by atoms with van der Waals surface area (Å²) >= 11 is 0. The van der Waals surface area contributed by atoms with Crippen LogP contribution in [0.1, 0.15) is 16.2 Å². The fraction of sp³-hybridized carbons (Fsp3) is 0.133. The van der Waals surface area contributed by atoms with Crippen molar-refractivity contribution in [3.05, 3.63) is 60.0 Å². The van der Waals surface area contributed by atoms with Crippen molar-refractivity contribution in [2.45, 2.75) is 6.42 Å². The van der Waals surface area contributed by atoms with Gasteiger partial charge in [-0.3, -0.25) is 0 Å². The van der Waals surface area contributed by atoms with Gasteiger partial charge >= 0.3 is 5.97 Å². The fourth-order valence-electron chi connectivity index (χ4n) is 2.00. The van der Waals surface area contributed by atoms with Gasteiger partial charge in [-0.15, -0.1) is 0 Å². The van der Waals surface area contributed by atoms with E-state index in [2.05, 4.69) is 10.1 Å². The largest absolute Gasteiger partial charge is 0.493 e. The van der Waals surface area contributed by atoms with Crippen molar-refractivity contribution >= 4 is 11.6 Å². The highest BCUT2D eigenvalue weighted by Gasteiger charge is 2.12. The van der Waals surface area contributed by atoms with Crippen LogP contribution in [0.4, 0.5) is 0 Å². The molecule has 2 aromatic heterocycles. The van der Waals surface area contributed by atoms with E-state index in [0.29, 0.717) is 24.5 Å². The van der Waals surface area contributed by atoms with Gasteiger partial charge in [0.1, 0.15) is 11.3 Å². The van der Waals surface area contributed by atoms with Gasteiger partial charge in [0.05, 0.1) is 6.61 Å². The third-order valence-corrected chi connectivity index (χ3v) is 2.97. The van der Waals surface area contributed by atoms with Crippen molar-refractivity contribution in [3.63, 3.8) is 0 Å². The van der Waals surface area contributed by atoms with Gasteiger partial charge in [-0.25, -0.2) is 14.3 Å². The number of carboxylic acid groups (broad SMARTS) is 1. The predicted molar refractivity (Wildman–Crippen MR) is 75.6 cm³/mol. The molecule has 0 spiro atoms. The van der Waals surface area contributed by atoms with Crippen LogP contribution in [0.3, 0.4) is 0 Å². The number of benzene rings is 1. The number of fused-ring (bicyclic) bond motifs is 1. The molecule has 0 radical (unpaired) electrons.